The molecule has 2 atom stereocenters. The van der Waals surface area contributed by atoms with E-state index < -0.39 is 11.3 Å². The van der Waals surface area contributed by atoms with Crippen LogP contribution in [0.25, 0.3) is 0 Å². The maximum absolute atomic E-state index is 13.2. The van der Waals surface area contributed by atoms with Gasteiger partial charge in [0.1, 0.15) is 6.29 Å². The molecule has 4 nitrogen and oxygen atoms in total. The summed E-state index contributed by atoms with van der Waals surface area (Å²) in [5.74, 6) is -0.723. The number of benzene rings is 3. The molecule has 0 fully saturated rings. The molecule has 0 aliphatic rings. The molecule has 0 radical (unpaired) electrons. The van der Waals surface area contributed by atoms with Gasteiger partial charge in [-0.25, -0.2) is 0 Å². The zero-order chi connectivity index (χ0) is 23.3. The van der Waals surface area contributed by atoms with E-state index in [0.717, 1.165) is 23.0 Å². The smallest absolute Gasteiger partial charge is 0.220 e. The first-order valence-corrected chi connectivity index (χ1v) is 11.2. The third kappa shape index (κ3) is 4.67. The van der Waals surface area contributed by atoms with Gasteiger partial charge < -0.3 is 15.8 Å². The van der Waals surface area contributed by atoms with Crippen LogP contribution in [0.4, 0.5) is 5.69 Å². The summed E-state index contributed by atoms with van der Waals surface area (Å²) in [6.07, 6.45) is 0.975. The summed E-state index contributed by atoms with van der Waals surface area (Å²) in [7, 11) is 0. The Morgan fingerprint density at radius 3 is 2.38 bits per heavy atom. The normalized spacial score (nSPS) is 13.8. The van der Waals surface area contributed by atoms with Gasteiger partial charge in [0.2, 0.25) is 5.91 Å². The van der Waals surface area contributed by atoms with Crippen molar-refractivity contribution in [3.63, 3.8) is 0 Å². The average Bonchev–Trinajstić information content (AvgIpc) is 2.76. The zero-order valence-electron chi connectivity index (χ0n) is 18.1. The van der Waals surface area contributed by atoms with Crippen molar-refractivity contribution in [3.05, 3.63) is 99.0 Å². The number of hydrogen-bond acceptors (Lipinski definition) is 3. The summed E-state index contributed by atoms with van der Waals surface area (Å²) >= 11 is 12.5. The highest BCUT2D eigenvalue weighted by Crippen LogP contribution is 2.48. The van der Waals surface area contributed by atoms with Gasteiger partial charge in [-0.2, -0.15) is 0 Å². The molecule has 0 bridgehead atoms. The number of nitrogen functional groups attached to an aromatic ring is 1. The molecule has 0 aliphatic heterocycles. The van der Waals surface area contributed by atoms with E-state index in [-0.39, 0.29) is 12.3 Å². The molecule has 3 aromatic rings. The van der Waals surface area contributed by atoms with E-state index in [2.05, 4.69) is 5.32 Å². The number of nitrogens with two attached hydrogens (primary N) is 1. The molecule has 0 saturated carbocycles. The van der Waals surface area contributed by atoms with Crippen molar-refractivity contribution in [2.75, 3.05) is 12.3 Å². The van der Waals surface area contributed by atoms with E-state index in [1.54, 1.807) is 30.3 Å². The van der Waals surface area contributed by atoms with Gasteiger partial charge >= 0.3 is 0 Å². The van der Waals surface area contributed by atoms with E-state index in [1.165, 1.54) is 0 Å². The highest BCUT2D eigenvalue weighted by Gasteiger charge is 2.46. The first-order valence-electron chi connectivity index (χ1n) is 10.4. The predicted molar refractivity (Wildman–Crippen MR) is 131 cm³/mol. The molecule has 0 unspecified atom stereocenters. The molecular formula is C26H26Cl2N2O2. The van der Waals surface area contributed by atoms with Crippen LogP contribution in [0.3, 0.4) is 0 Å². The van der Waals surface area contributed by atoms with Crippen molar-refractivity contribution in [3.8, 4) is 0 Å². The van der Waals surface area contributed by atoms with Gasteiger partial charge in [-0.3, -0.25) is 4.79 Å². The number of anilines is 1. The Morgan fingerprint density at radius 2 is 1.75 bits per heavy atom. The summed E-state index contributed by atoms with van der Waals surface area (Å²) in [4.78, 5) is 26.1. The fraction of sp³-hybridized carbons (Fsp3) is 0.231. The van der Waals surface area contributed by atoms with E-state index in [1.807, 2.05) is 50.2 Å². The largest absolute Gasteiger partial charge is 0.398 e. The highest BCUT2D eigenvalue weighted by atomic mass is 35.5. The van der Waals surface area contributed by atoms with Gasteiger partial charge in [-0.1, -0.05) is 65.7 Å². The van der Waals surface area contributed by atoms with E-state index in [4.69, 9.17) is 28.9 Å². The quantitative estimate of drug-likeness (QED) is 0.329. The molecule has 3 rings (SSSR count). The van der Waals surface area contributed by atoms with Gasteiger partial charge in [-0.15, -0.1) is 0 Å². The van der Waals surface area contributed by atoms with Crippen LogP contribution in [-0.4, -0.2) is 18.7 Å². The van der Waals surface area contributed by atoms with Crippen LogP contribution in [-0.2, 0) is 15.0 Å². The second kappa shape index (κ2) is 10.2. The second-order valence-electron chi connectivity index (χ2n) is 7.80. The molecule has 32 heavy (non-hydrogen) atoms. The van der Waals surface area contributed by atoms with Crippen molar-refractivity contribution in [2.45, 2.75) is 31.6 Å². The maximum Gasteiger partial charge on any atom is 0.220 e. The van der Waals surface area contributed by atoms with Crippen molar-refractivity contribution in [1.82, 2.24) is 5.32 Å². The summed E-state index contributed by atoms with van der Waals surface area (Å²) in [6.45, 7) is 4.29. The number of aryl methyl sites for hydroxylation is 1. The van der Waals surface area contributed by atoms with Crippen LogP contribution in [0, 0.1) is 6.92 Å². The number of nitrogens with one attached hydrogen (secondary N) is 1. The zero-order valence-corrected chi connectivity index (χ0v) is 19.6. The van der Waals surface area contributed by atoms with E-state index in [0.29, 0.717) is 27.8 Å². The van der Waals surface area contributed by atoms with Crippen molar-refractivity contribution in [1.29, 1.82) is 0 Å². The van der Waals surface area contributed by atoms with Gasteiger partial charge in [0.25, 0.3) is 0 Å². The van der Waals surface area contributed by atoms with E-state index in [9.17, 15) is 9.59 Å². The van der Waals surface area contributed by atoms with Crippen LogP contribution in [0.15, 0.2) is 66.7 Å². The molecule has 3 aromatic carbocycles. The van der Waals surface area contributed by atoms with Crippen LogP contribution < -0.4 is 11.1 Å². The lowest BCUT2D eigenvalue weighted by atomic mass is 9.62. The van der Waals surface area contributed by atoms with Crippen LogP contribution >= 0.6 is 23.2 Å². The number of aldehydes is 1. The van der Waals surface area contributed by atoms with Crippen LogP contribution in [0.5, 0.6) is 0 Å². The molecule has 6 heteroatoms. The summed E-state index contributed by atoms with van der Waals surface area (Å²) in [6, 6.07) is 20.0. The lowest BCUT2D eigenvalue weighted by Crippen LogP contribution is -2.41. The van der Waals surface area contributed by atoms with Crippen LogP contribution in [0.1, 0.15) is 41.5 Å². The molecule has 0 spiro atoms. The summed E-state index contributed by atoms with van der Waals surface area (Å²) < 4.78 is 0. The molecule has 0 aliphatic carbocycles. The van der Waals surface area contributed by atoms with Gasteiger partial charge in [-0.05, 0) is 60.4 Å². The maximum atomic E-state index is 13.2. The topological polar surface area (TPSA) is 72.2 Å². The minimum Gasteiger partial charge on any atom is -0.398 e. The number of halogens is 2. The number of amides is 1. The third-order valence-corrected chi connectivity index (χ3v) is 6.27. The molecule has 166 valence electrons. The van der Waals surface area contributed by atoms with Crippen molar-refractivity contribution < 1.29 is 9.59 Å². The minimum absolute atomic E-state index is 0.0727. The monoisotopic (exact) mass is 468 g/mol. The van der Waals surface area contributed by atoms with Gasteiger partial charge in [0, 0.05) is 34.6 Å². The minimum atomic E-state index is -1.24. The number of carbonyl (C=O) groups excluding carboxylic acids is 2. The average molecular weight is 469 g/mol. The fourth-order valence-corrected chi connectivity index (χ4v) is 4.78. The number of carbonyl (C=O) groups is 2. The van der Waals surface area contributed by atoms with E-state index >= 15 is 0 Å². The van der Waals surface area contributed by atoms with Crippen LogP contribution in [0.2, 0.25) is 10.0 Å². The third-order valence-electron chi connectivity index (χ3n) is 5.80. The molecular weight excluding hydrogens is 443 g/mol. The fourth-order valence-electron chi connectivity index (χ4n) is 4.40. The lowest BCUT2D eigenvalue weighted by Gasteiger charge is -2.39. The first kappa shape index (κ1) is 23.8. The molecule has 0 saturated heterocycles. The SMILES string of the molecule is CCNC(=O)C[C@H](c1cccc(Cl)c1)[C@@](C=O)(c1ccccc1C)c1ccc(Cl)cc1N. The highest BCUT2D eigenvalue weighted by molar-refractivity contribution is 6.31. The lowest BCUT2D eigenvalue weighted by molar-refractivity contribution is -0.122. The van der Waals surface area contributed by atoms with Gasteiger partial charge in [0.05, 0.1) is 5.41 Å². The Kier molecular flexibility index (Phi) is 7.60. The predicted octanol–water partition coefficient (Wildman–Crippen LogP) is 5.68. The molecule has 1 amide bonds. The Morgan fingerprint density at radius 1 is 1.03 bits per heavy atom. The second-order valence-corrected chi connectivity index (χ2v) is 8.67. The standard InChI is InChI=1S/C26H26Cl2N2O2/c1-3-30-25(32)15-23(18-8-6-9-19(27)13-18)26(16-31,21-10-5-4-7-17(21)2)22-12-11-20(28)14-24(22)29/h4-14,16,23H,3,15,29H2,1-2H3,(H,30,32)/t23-,26+/m1/s1. The Labute approximate surface area is 198 Å². The molecule has 0 heterocycles. The summed E-state index contributed by atoms with van der Waals surface area (Å²) in [5.41, 5.74) is 8.64. The van der Waals surface area contributed by atoms with Crippen molar-refractivity contribution >= 4 is 41.1 Å². The number of hydrogen-bond donors (Lipinski definition) is 2. The Hall–Kier alpha value is -2.82. The Bertz CT molecular complexity index is 1130. The van der Waals surface area contributed by atoms with Crippen molar-refractivity contribution in [2.24, 2.45) is 0 Å². The summed E-state index contributed by atoms with van der Waals surface area (Å²) in [5, 5.41) is 3.85. The molecule has 3 N–H and O–H groups in total. The number of rotatable bonds is 8. The first-order chi connectivity index (χ1) is 15.3. The Balaban J connectivity index is 2.39. The van der Waals surface area contributed by atoms with Gasteiger partial charge in [0.15, 0.2) is 0 Å². The molecule has 0 aromatic heterocycles.